The van der Waals surface area contributed by atoms with Gasteiger partial charge in [0.15, 0.2) is 5.65 Å². The number of ether oxygens (including phenoxy) is 1. The molecule has 0 spiro atoms. The van der Waals surface area contributed by atoms with Gasteiger partial charge >= 0.3 is 0 Å². The third-order valence-electron chi connectivity index (χ3n) is 4.94. The summed E-state index contributed by atoms with van der Waals surface area (Å²) in [5.74, 6) is 0.669. The molecule has 0 bridgehead atoms. The first-order valence-electron chi connectivity index (χ1n) is 9.49. The Morgan fingerprint density at radius 1 is 0.889 bits per heavy atom. The molecule has 138 valence electrons. The SMILES string of the molecule is CCN(CC)CCOc1nc2c(cnn2-c2ccccc2)c2ccccc12. The van der Waals surface area contributed by atoms with E-state index in [2.05, 4.69) is 36.0 Å². The Kier molecular flexibility index (Phi) is 5.03. The van der Waals surface area contributed by atoms with Crippen molar-refractivity contribution in [2.24, 2.45) is 0 Å². The zero-order valence-corrected chi connectivity index (χ0v) is 15.8. The molecule has 0 amide bonds. The van der Waals surface area contributed by atoms with Gasteiger partial charge in [-0.2, -0.15) is 10.1 Å². The van der Waals surface area contributed by atoms with E-state index in [1.165, 1.54) is 0 Å². The molecule has 5 nitrogen and oxygen atoms in total. The molecule has 0 atom stereocenters. The van der Waals surface area contributed by atoms with Crippen LogP contribution < -0.4 is 4.74 Å². The standard InChI is InChI=1S/C22H24N4O/c1-3-25(4-2)14-15-27-22-19-13-9-8-12-18(19)20-16-23-26(21(20)24-22)17-10-6-5-7-11-17/h5-13,16H,3-4,14-15H2,1-2H3. The zero-order valence-electron chi connectivity index (χ0n) is 15.8. The smallest absolute Gasteiger partial charge is 0.223 e. The summed E-state index contributed by atoms with van der Waals surface area (Å²) in [5, 5.41) is 7.75. The maximum absolute atomic E-state index is 6.13. The lowest BCUT2D eigenvalue weighted by atomic mass is 10.1. The first-order chi connectivity index (χ1) is 13.3. The van der Waals surface area contributed by atoms with Crippen LogP contribution in [0, 0.1) is 0 Å². The van der Waals surface area contributed by atoms with Crippen LogP contribution in [0.4, 0.5) is 0 Å². The molecule has 0 radical (unpaired) electrons. The van der Waals surface area contributed by atoms with Crippen LogP contribution in [-0.4, -0.2) is 45.9 Å². The Morgan fingerprint density at radius 3 is 2.33 bits per heavy atom. The quantitative estimate of drug-likeness (QED) is 0.493. The van der Waals surface area contributed by atoms with Gasteiger partial charge in [0.2, 0.25) is 5.88 Å². The summed E-state index contributed by atoms with van der Waals surface area (Å²) in [6.07, 6.45) is 1.89. The summed E-state index contributed by atoms with van der Waals surface area (Å²) >= 11 is 0. The number of hydrogen-bond donors (Lipinski definition) is 0. The summed E-state index contributed by atoms with van der Waals surface area (Å²) in [6.45, 7) is 7.88. The summed E-state index contributed by atoms with van der Waals surface area (Å²) in [7, 11) is 0. The highest BCUT2D eigenvalue weighted by Crippen LogP contribution is 2.31. The average Bonchev–Trinajstić information content (AvgIpc) is 3.16. The predicted octanol–water partition coefficient (Wildman–Crippen LogP) is 4.29. The summed E-state index contributed by atoms with van der Waals surface area (Å²) in [5.41, 5.74) is 1.81. The zero-order chi connectivity index (χ0) is 18.6. The molecule has 0 fully saturated rings. The van der Waals surface area contributed by atoms with Crippen LogP contribution in [-0.2, 0) is 0 Å². The fourth-order valence-corrected chi connectivity index (χ4v) is 3.38. The van der Waals surface area contributed by atoms with Crippen molar-refractivity contribution in [1.82, 2.24) is 19.7 Å². The van der Waals surface area contributed by atoms with Gasteiger partial charge in [0, 0.05) is 17.3 Å². The van der Waals surface area contributed by atoms with E-state index in [1.54, 1.807) is 0 Å². The van der Waals surface area contributed by atoms with Crippen molar-refractivity contribution in [1.29, 1.82) is 0 Å². The molecule has 5 heteroatoms. The number of pyridine rings is 1. The van der Waals surface area contributed by atoms with Crippen LogP contribution in [0.1, 0.15) is 13.8 Å². The van der Waals surface area contributed by atoms with Crippen LogP contribution in [0.2, 0.25) is 0 Å². The highest BCUT2D eigenvalue weighted by atomic mass is 16.5. The topological polar surface area (TPSA) is 43.2 Å². The van der Waals surface area contributed by atoms with E-state index in [4.69, 9.17) is 9.72 Å². The third kappa shape index (κ3) is 3.38. The Bertz CT molecular complexity index is 1040. The maximum Gasteiger partial charge on any atom is 0.223 e. The lowest BCUT2D eigenvalue weighted by Gasteiger charge is -2.18. The normalized spacial score (nSPS) is 11.5. The van der Waals surface area contributed by atoms with Crippen molar-refractivity contribution >= 4 is 21.8 Å². The minimum atomic E-state index is 0.615. The van der Waals surface area contributed by atoms with Gasteiger partial charge in [-0.15, -0.1) is 0 Å². The van der Waals surface area contributed by atoms with Crippen LogP contribution in [0.15, 0.2) is 60.8 Å². The van der Waals surface area contributed by atoms with E-state index in [1.807, 2.05) is 53.3 Å². The highest BCUT2D eigenvalue weighted by molar-refractivity contribution is 6.06. The van der Waals surface area contributed by atoms with E-state index in [0.29, 0.717) is 12.5 Å². The Balaban J connectivity index is 1.77. The van der Waals surface area contributed by atoms with Crippen LogP contribution in [0.3, 0.4) is 0 Å². The molecule has 0 saturated carbocycles. The number of rotatable bonds is 7. The molecular weight excluding hydrogens is 336 g/mol. The van der Waals surface area contributed by atoms with Gasteiger partial charge in [-0.25, -0.2) is 4.68 Å². The minimum Gasteiger partial charge on any atom is -0.476 e. The number of fused-ring (bicyclic) bond motifs is 3. The van der Waals surface area contributed by atoms with Crippen molar-refractivity contribution in [3.63, 3.8) is 0 Å². The number of nitrogens with zero attached hydrogens (tertiary/aromatic N) is 4. The average molecular weight is 360 g/mol. The van der Waals surface area contributed by atoms with Gasteiger partial charge in [0.05, 0.1) is 11.9 Å². The Morgan fingerprint density at radius 2 is 1.59 bits per heavy atom. The maximum atomic E-state index is 6.13. The summed E-state index contributed by atoms with van der Waals surface area (Å²) < 4.78 is 8.00. The molecule has 4 rings (SSSR count). The van der Waals surface area contributed by atoms with Gasteiger partial charge in [-0.3, -0.25) is 0 Å². The number of likely N-dealkylation sites (N-methyl/N-ethyl adjacent to an activating group) is 1. The molecule has 2 aromatic heterocycles. The van der Waals surface area contributed by atoms with E-state index < -0.39 is 0 Å². The van der Waals surface area contributed by atoms with Crippen LogP contribution in [0.5, 0.6) is 5.88 Å². The number of benzene rings is 2. The molecule has 0 aliphatic carbocycles. The second kappa shape index (κ2) is 7.76. The van der Waals surface area contributed by atoms with Gasteiger partial charge < -0.3 is 9.64 Å². The van der Waals surface area contributed by atoms with E-state index >= 15 is 0 Å². The Labute approximate surface area is 159 Å². The molecule has 0 unspecified atom stereocenters. The fourth-order valence-electron chi connectivity index (χ4n) is 3.38. The first kappa shape index (κ1) is 17.5. The lowest BCUT2D eigenvalue weighted by molar-refractivity contribution is 0.220. The minimum absolute atomic E-state index is 0.615. The van der Waals surface area contributed by atoms with E-state index in [-0.39, 0.29) is 0 Å². The summed E-state index contributed by atoms with van der Waals surface area (Å²) in [6, 6.07) is 18.3. The fraction of sp³-hybridized carbons (Fsp3) is 0.273. The molecule has 2 heterocycles. The van der Waals surface area contributed by atoms with Crippen LogP contribution >= 0.6 is 0 Å². The molecule has 0 aliphatic heterocycles. The van der Waals surface area contributed by atoms with Gasteiger partial charge in [0.1, 0.15) is 6.61 Å². The monoisotopic (exact) mass is 360 g/mol. The second-order valence-electron chi connectivity index (χ2n) is 6.47. The third-order valence-corrected chi connectivity index (χ3v) is 4.94. The first-order valence-corrected chi connectivity index (χ1v) is 9.49. The van der Waals surface area contributed by atoms with Crippen molar-refractivity contribution < 1.29 is 4.74 Å². The highest BCUT2D eigenvalue weighted by Gasteiger charge is 2.14. The molecule has 0 N–H and O–H groups in total. The van der Waals surface area contributed by atoms with Crippen molar-refractivity contribution in [3.8, 4) is 11.6 Å². The Hall–Kier alpha value is -2.92. The van der Waals surface area contributed by atoms with Crippen LogP contribution in [0.25, 0.3) is 27.5 Å². The van der Waals surface area contributed by atoms with Gasteiger partial charge in [-0.1, -0.05) is 50.2 Å². The summed E-state index contributed by atoms with van der Waals surface area (Å²) in [4.78, 5) is 7.19. The number of hydrogen-bond acceptors (Lipinski definition) is 4. The predicted molar refractivity (Wildman–Crippen MR) is 110 cm³/mol. The van der Waals surface area contributed by atoms with Gasteiger partial charge in [0.25, 0.3) is 0 Å². The molecule has 2 aromatic carbocycles. The molecule has 0 saturated heterocycles. The van der Waals surface area contributed by atoms with Crippen molar-refractivity contribution in [2.75, 3.05) is 26.2 Å². The number of para-hydroxylation sites is 1. The molecule has 0 aliphatic rings. The molecule has 4 aromatic rings. The van der Waals surface area contributed by atoms with Gasteiger partial charge in [-0.05, 0) is 36.7 Å². The number of aromatic nitrogens is 3. The van der Waals surface area contributed by atoms with Crippen molar-refractivity contribution in [2.45, 2.75) is 13.8 Å². The van der Waals surface area contributed by atoms with E-state index in [0.717, 1.165) is 47.1 Å². The largest absolute Gasteiger partial charge is 0.476 e. The molecule has 27 heavy (non-hydrogen) atoms. The second-order valence-corrected chi connectivity index (χ2v) is 6.47. The van der Waals surface area contributed by atoms with E-state index in [9.17, 15) is 0 Å². The lowest BCUT2D eigenvalue weighted by Crippen LogP contribution is -2.28. The van der Waals surface area contributed by atoms with Crippen molar-refractivity contribution in [3.05, 3.63) is 60.8 Å². The molecular formula is C22H24N4O.